The van der Waals surface area contributed by atoms with Gasteiger partial charge in [-0.1, -0.05) is 274 Å². The molecule has 514 valence electrons. The van der Waals surface area contributed by atoms with Gasteiger partial charge in [0.1, 0.15) is 16.7 Å². The third kappa shape index (κ3) is 10.8. The Morgan fingerprint density at radius 3 is 1.11 bits per heavy atom. The molecule has 1 unspecified atom stereocenters. The summed E-state index contributed by atoms with van der Waals surface area (Å²) in [6.45, 7) is 34.5. The molecule has 1 aliphatic rings. The second-order valence-electron chi connectivity index (χ2n) is 34.2. The Balaban J connectivity index is 1.04. The Labute approximate surface area is 612 Å². The number of benzene rings is 13. The molecule has 5 nitrogen and oxygen atoms in total. The largest absolute Gasteiger partial charge is 0.455 e. The van der Waals surface area contributed by atoms with Crippen molar-refractivity contribution in [2.24, 2.45) is 0 Å². The lowest BCUT2D eigenvalue weighted by Crippen LogP contribution is -2.29. The van der Waals surface area contributed by atoms with E-state index in [4.69, 9.17) is 8.83 Å². The molecule has 0 bridgehead atoms. The molecule has 104 heavy (non-hydrogen) atoms. The van der Waals surface area contributed by atoms with Gasteiger partial charge in [0.25, 0.3) is 0 Å². The summed E-state index contributed by atoms with van der Waals surface area (Å²) in [4.78, 5) is 4.90. The van der Waals surface area contributed by atoms with Gasteiger partial charge >= 0.3 is 0 Å². The molecular weight excluding hydrogens is 1260 g/mol. The lowest BCUT2D eigenvalue weighted by molar-refractivity contribution is 0.590. The fourth-order valence-electron chi connectivity index (χ4n) is 16.5. The summed E-state index contributed by atoms with van der Waals surface area (Å²) in [5.74, 6) is 0. The zero-order chi connectivity index (χ0) is 72.1. The SMILES string of the molecule is CC(C)(C)c1ccc(-c2ccc(C3(c4ccc(-n5c6ccc(C(C)(C)C)cc6c6cc(C(C)(C)C)ccc65)cc4)c4cc(N(c5ccccc5)c5ccc(C(C)(C)C)cc5)c5c(oc6ccccc65)c4-c4c3cc(N(c3ccccc3)c3ccc(C(C)(C)C)cc3)c3oc5ccccc5c43)cc2)cc1. The predicted molar refractivity (Wildman–Crippen MR) is 441 cm³/mol. The third-order valence-corrected chi connectivity index (χ3v) is 22.3. The van der Waals surface area contributed by atoms with Gasteiger partial charge in [-0.3, -0.25) is 0 Å². The fraction of sp³-hybridized carbons (Fsp3) is 0.212. The van der Waals surface area contributed by atoms with Crippen molar-refractivity contribution in [2.75, 3.05) is 9.80 Å². The average molecular weight is 1350 g/mol. The van der Waals surface area contributed by atoms with Gasteiger partial charge in [0.05, 0.1) is 33.2 Å². The Morgan fingerprint density at radius 1 is 0.288 bits per heavy atom. The van der Waals surface area contributed by atoms with Crippen LogP contribution in [0.2, 0.25) is 0 Å². The lowest BCUT2D eigenvalue weighted by atomic mass is 9.67. The van der Waals surface area contributed by atoms with Crippen LogP contribution in [0.1, 0.15) is 154 Å². The standard InChI is InChI=1S/C99H91N3O2/c1-94(2,3)64-38-34-62(35-39-64)63-36-40-67(41-37-63)99(68-46-54-75(55-47-68)102-82-56-48-69(97(10,11)12)58-78(82)79-59-70(98(13,14)15)49-57-83(79)102)80-61-85(101(72-28-20-17-21-29-72)74-52-44-66(45-53-74)96(7,8)9)92-89(77-31-23-25-33-87(77)103-92)90(80)91-81(99)60-84(88-76-30-22-24-32-86(76)104-93(88)91)100(71-26-18-16-19-27-71)73-50-42-65(43-51-73)95(4,5)6/h16-61H,1-15H3. The molecular formula is C99H91N3O2. The number of nitrogens with zero attached hydrogens (tertiary/aromatic N) is 3. The van der Waals surface area contributed by atoms with E-state index in [0.717, 1.165) is 128 Å². The van der Waals surface area contributed by atoms with Crippen LogP contribution in [0.15, 0.2) is 288 Å². The van der Waals surface area contributed by atoms with Crippen molar-refractivity contribution < 1.29 is 8.83 Å². The average Bonchev–Trinajstić information content (AvgIpc) is 1.50. The molecule has 0 radical (unpaired) electrons. The van der Waals surface area contributed by atoms with Crippen LogP contribution in [0.3, 0.4) is 0 Å². The molecule has 0 N–H and O–H groups in total. The highest BCUT2D eigenvalue weighted by Gasteiger charge is 2.51. The van der Waals surface area contributed by atoms with E-state index >= 15 is 0 Å². The van der Waals surface area contributed by atoms with Crippen molar-refractivity contribution in [3.05, 3.63) is 329 Å². The highest BCUT2D eigenvalue weighted by molar-refractivity contribution is 6.26. The summed E-state index contributed by atoms with van der Waals surface area (Å²) in [6, 6.07) is 105. The number of furan rings is 2. The molecule has 0 spiro atoms. The number of rotatable bonds is 10. The topological polar surface area (TPSA) is 37.7 Å². The summed E-state index contributed by atoms with van der Waals surface area (Å²) >= 11 is 0. The van der Waals surface area contributed by atoms with Gasteiger partial charge in [-0.05, 0) is 197 Å². The predicted octanol–water partition coefficient (Wildman–Crippen LogP) is 28.0. The summed E-state index contributed by atoms with van der Waals surface area (Å²) in [5.41, 5.74) is 26.7. The molecule has 0 fully saturated rings. The molecule has 16 aromatic rings. The molecule has 3 heterocycles. The Hall–Kier alpha value is -11.1. The van der Waals surface area contributed by atoms with Crippen molar-refractivity contribution in [3.8, 4) is 27.9 Å². The first-order valence-corrected chi connectivity index (χ1v) is 37.0. The van der Waals surface area contributed by atoms with Crippen molar-refractivity contribution in [1.29, 1.82) is 0 Å². The van der Waals surface area contributed by atoms with E-state index in [1.165, 1.54) is 49.6 Å². The monoisotopic (exact) mass is 1350 g/mol. The number of anilines is 6. The van der Waals surface area contributed by atoms with E-state index in [2.05, 4.69) is 397 Å². The molecule has 3 aromatic heterocycles. The Bertz CT molecular complexity index is 5920. The van der Waals surface area contributed by atoms with Crippen molar-refractivity contribution in [2.45, 2.75) is 136 Å². The maximum absolute atomic E-state index is 7.78. The van der Waals surface area contributed by atoms with E-state index in [0.29, 0.717) is 0 Å². The molecule has 1 aliphatic carbocycles. The highest BCUT2D eigenvalue weighted by atomic mass is 16.3. The van der Waals surface area contributed by atoms with Gasteiger partial charge in [0.2, 0.25) is 0 Å². The molecule has 13 aromatic carbocycles. The first-order valence-electron chi connectivity index (χ1n) is 37.0. The molecule has 0 amide bonds. The number of hydrogen-bond acceptors (Lipinski definition) is 4. The van der Waals surface area contributed by atoms with E-state index in [-0.39, 0.29) is 27.1 Å². The van der Waals surface area contributed by atoms with Gasteiger partial charge in [-0.2, -0.15) is 0 Å². The molecule has 0 saturated heterocycles. The van der Waals surface area contributed by atoms with Crippen LogP contribution in [0.4, 0.5) is 34.1 Å². The molecule has 1 atom stereocenters. The van der Waals surface area contributed by atoms with Crippen molar-refractivity contribution in [1.82, 2.24) is 4.57 Å². The summed E-state index contributed by atoms with van der Waals surface area (Å²) in [6.07, 6.45) is 0. The smallest absolute Gasteiger partial charge is 0.160 e. The zero-order valence-electron chi connectivity index (χ0n) is 62.7. The minimum atomic E-state index is -1.07. The lowest BCUT2D eigenvalue weighted by Gasteiger charge is -2.36. The highest BCUT2D eigenvalue weighted by Crippen LogP contribution is 2.65. The fourth-order valence-corrected chi connectivity index (χ4v) is 16.5. The molecule has 5 heteroatoms. The normalized spacial score (nSPS) is 14.3. The van der Waals surface area contributed by atoms with E-state index in [1.54, 1.807) is 0 Å². The van der Waals surface area contributed by atoms with Crippen LogP contribution in [0.5, 0.6) is 0 Å². The quantitative estimate of drug-likeness (QED) is 0.137. The van der Waals surface area contributed by atoms with Crippen LogP contribution >= 0.6 is 0 Å². The van der Waals surface area contributed by atoms with E-state index in [1.807, 2.05) is 0 Å². The second kappa shape index (κ2) is 24.0. The minimum absolute atomic E-state index is 0.00727. The maximum Gasteiger partial charge on any atom is 0.160 e. The summed E-state index contributed by atoms with van der Waals surface area (Å²) in [5, 5.41) is 6.62. The van der Waals surface area contributed by atoms with Crippen molar-refractivity contribution in [3.63, 3.8) is 0 Å². The van der Waals surface area contributed by atoms with Crippen LogP contribution < -0.4 is 9.80 Å². The number of hydrogen-bond donors (Lipinski definition) is 0. The first kappa shape index (κ1) is 66.1. The summed E-state index contributed by atoms with van der Waals surface area (Å²) < 4.78 is 17.9. The maximum atomic E-state index is 7.78. The van der Waals surface area contributed by atoms with Crippen LogP contribution in [-0.2, 0) is 32.5 Å². The van der Waals surface area contributed by atoms with Gasteiger partial charge in [-0.15, -0.1) is 0 Å². The van der Waals surface area contributed by atoms with Crippen LogP contribution in [0, 0.1) is 0 Å². The van der Waals surface area contributed by atoms with Crippen molar-refractivity contribution >= 4 is 99.8 Å². The van der Waals surface area contributed by atoms with Gasteiger partial charge in [0, 0.05) is 66.5 Å². The zero-order valence-corrected chi connectivity index (χ0v) is 62.7. The molecule has 17 rings (SSSR count). The Morgan fingerprint density at radius 2 is 0.644 bits per heavy atom. The molecule has 0 saturated carbocycles. The second-order valence-corrected chi connectivity index (χ2v) is 34.2. The van der Waals surface area contributed by atoms with Crippen LogP contribution in [0.25, 0.3) is 93.6 Å². The van der Waals surface area contributed by atoms with E-state index < -0.39 is 5.41 Å². The van der Waals surface area contributed by atoms with Crippen LogP contribution in [-0.4, -0.2) is 4.57 Å². The first-order chi connectivity index (χ1) is 49.7. The number of fused-ring (bicyclic) bond motifs is 14. The minimum Gasteiger partial charge on any atom is -0.455 e. The third-order valence-electron chi connectivity index (χ3n) is 22.3. The van der Waals surface area contributed by atoms with Gasteiger partial charge in [-0.25, -0.2) is 0 Å². The number of aromatic nitrogens is 1. The molecule has 0 aliphatic heterocycles. The van der Waals surface area contributed by atoms with Gasteiger partial charge < -0.3 is 23.2 Å². The van der Waals surface area contributed by atoms with E-state index in [9.17, 15) is 0 Å². The number of para-hydroxylation sites is 4. The summed E-state index contributed by atoms with van der Waals surface area (Å²) in [7, 11) is 0. The Kier molecular flexibility index (Phi) is 15.2. The van der Waals surface area contributed by atoms with Gasteiger partial charge in [0.15, 0.2) is 5.58 Å².